The van der Waals surface area contributed by atoms with Gasteiger partial charge in [0.1, 0.15) is 5.82 Å². The van der Waals surface area contributed by atoms with E-state index in [9.17, 15) is 4.79 Å². The number of aromatic nitrogens is 1. The van der Waals surface area contributed by atoms with Gasteiger partial charge in [-0.15, -0.1) is 0 Å². The fourth-order valence-corrected chi connectivity index (χ4v) is 1.97. The highest BCUT2D eigenvalue weighted by Gasteiger charge is 2.15. The predicted molar refractivity (Wildman–Crippen MR) is 73.6 cm³/mol. The number of nitrogens with two attached hydrogens (primary N) is 1. The minimum Gasteiger partial charge on any atom is -0.384 e. The Morgan fingerprint density at radius 1 is 1.65 bits per heavy atom. The maximum atomic E-state index is 12.1. The Balaban J connectivity index is 2.71. The summed E-state index contributed by atoms with van der Waals surface area (Å²) in [4.78, 5) is 17.5. The molecule has 0 unspecified atom stereocenters. The summed E-state index contributed by atoms with van der Waals surface area (Å²) in [5, 5.41) is 0.334. The van der Waals surface area contributed by atoms with Crippen molar-refractivity contribution in [3.05, 3.63) is 22.8 Å². The maximum Gasteiger partial charge on any atom is 0.255 e. The van der Waals surface area contributed by atoms with E-state index in [1.807, 2.05) is 6.26 Å². The van der Waals surface area contributed by atoms with Gasteiger partial charge in [0.25, 0.3) is 5.91 Å². The summed E-state index contributed by atoms with van der Waals surface area (Å²) < 4.78 is 0. The third kappa shape index (κ3) is 4.09. The highest BCUT2D eigenvalue weighted by Crippen LogP contribution is 2.18. The van der Waals surface area contributed by atoms with Gasteiger partial charge in [0, 0.05) is 19.8 Å². The average Bonchev–Trinajstić information content (AvgIpc) is 2.31. The monoisotopic (exact) mass is 273 g/mol. The molecule has 0 atom stereocenters. The standard InChI is InChI=1S/C11H16ClN3OS/c1-15(4-3-5-17-2)11(16)8-6-10(13)14-7-9(8)12/h6-7H,3-5H2,1-2H3,(H2,13,14). The van der Waals surface area contributed by atoms with Crippen LogP contribution >= 0.6 is 23.4 Å². The molecule has 0 saturated carbocycles. The van der Waals surface area contributed by atoms with Crippen LogP contribution in [0.15, 0.2) is 12.3 Å². The largest absolute Gasteiger partial charge is 0.384 e. The molecule has 0 aliphatic rings. The van der Waals surface area contributed by atoms with Crippen molar-refractivity contribution in [1.29, 1.82) is 0 Å². The molecule has 94 valence electrons. The van der Waals surface area contributed by atoms with E-state index in [1.165, 1.54) is 12.3 Å². The van der Waals surface area contributed by atoms with E-state index in [2.05, 4.69) is 4.98 Å². The van der Waals surface area contributed by atoms with E-state index in [1.54, 1.807) is 23.7 Å². The number of carbonyl (C=O) groups is 1. The van der Waals surface area contributed by atoms with Crippen molar-refractivity contribution in [2.75, 3.05) is 31.3 Å². The fourth-order valence-electron chi connectivity index (χ4n) is 1.37. The van der Waals surface area contributed by atoms with E-state index < -0.39 is 0 Å². The van der Waals surface area contributed by atoms with Crippen LogP contribution < -0.4 is 5.73 Å². The number of carbonyl (C=O) groups excluding carboxylic acids is 1. The molecule has 2 N–H and O–H groups in total. The van der Waals surface area contributed by atoms with Crippen LogP contribution in [-0.2, 0) is 0 Å². The van der Waals surface area contributed by atoms with Crippen LogP contribution in [0.1, 0.15) is 16.8 Å². The summed E-state index contributed by atoms with van der Waals surface area (Å²) in [5.74, 6) is 1.21. The van der Waals surface area contributed by atoms with Gasteiger partial charge in [0.15, 0.2) is 0 Å². The molecule has 1 heterocycles. The molecule has 0 saturated heterocycles. The van der Waals surface area contributed by atoms with Crippen LogP contribution in [0.25, 0.3) is 0 Å². The smallest absolute Gasteiger partial charge is 0.255 e. The second kappa shape index (κ2) is 6.71. The van der Waals surface area contributed by atoms with Crippen LogP contribution in [-0.4, -0.2) is 41.4 Å². The normalized spacial score (nSPS) is 10.3. The predicted octanol–water partition coefficient (Wildman–Crippen LogP) is 2.14. The maximum absolute atomic E-state index is 12.1. The van der Waals surface area contributed by atoms with E-state index in [0.717, 1.165) is 12.2 Å². The number of rotatable bonds is 5. The SMILES string of the molecule is CSCCCN(C)C(=O)c1cc(N)ncc1Cl. The minimum absolute atomic E-state index is 0.120. The van der Waals surface area contributed by atoms with Crippen molar-refractivity contribution in [3.8, 4) is 0 Å². The lowest BCUT2D eigenvalue weighted by Crippen LogP contribution is -2.28. The van der Waals surface area contributed by atoms with Crippen molar-refractivity contribution in [1.82, 2.24) is 9.88 Å². The van der Waals surface area contributed by atoms with Gasteiger partial charge < -0.3 is 10.6 Å². The summed E-state index contributed by atoms with van der Waals surface area (Å²) >= 11 is 7.69. The van der Waals surface area contributed by atoms with Gasteiger partial charge in [0.2, 0.25) is 0 Å². The molecule has 4 nitrogen and oxygen atoms in total. The molecule has 1 amide bonds. The molecule has 0 bridgehead atoms. The van der Waals surface area contributed by atoms with Gasteiger partial charge in [-0.1, -0.05) is 11.6 Å². The number of pyridine rings is 1. The molecule has 6 heteroatoms. The molecule has 17 heavy (non-hydrogen) atoms. The number of nitrogens with zero attached hydrogens (tertiary/aromatic N) is 2. The number of nitrogen functional groups attached to an aromatic ring is 1. The van der Waals surface area contributed by atoms with Crippen molar-refractivity contribution < 1.29 is 4.79 Å². The lowest BCUT2D eigenvalue weighted by Gasteiger charge is -2.17. The van der Waals surface area contributed by atoms with E-state index in [0.29, 0.717) is 22.9 Å². The summed E-state index contributed by atoms with van der Waals surface area (Å²) in [5.41, 5.74) is 5.95. The quantitative estimate of drug-likeness (QED) is 0.835. The van der Waals surface area contributed by atoms with E-state index in [4.69, 9.17) is 17.3 Å². The van der Waals surface area contributed by atoms with Crippen molar-refractivity contribution in [2.45, 2.75) is 6.42 Å². The number of thioether (sulfide) groups is 1. The average molecular weight is 274 g/mol. The van der Waals surface area contributed by atoms with Crippen LogP contribution in [0.4, 0.5) is 5.82 Å². The molecule has 0 spiro atoms. The molecular weight excluding hydrogens is 258 g/mol. The highest BCUT2D eigenvalue weighted by molar-refractivity contribution is 7.98. The molecule has 0 fully saturated rings. The Hall–Kier alpha value is -0.940. The third-order valence-corrected chi connectivity index (χ3v) is 3.29. The number of hydrogen-bond donors (Lipinski definition) is 1. The first kappa shape index (κ1) is 14.1. The van der Waals surface area contributed by atoms with Gasteiger partial charge in [-0.2, -0.15) is 11.8 Å². The van der Waals surface area contributed by atoms with E-state index in [-0.39, 0.29) is 5.91 Å². The van der Waals surface area contributed by atoms with Crippen molar-refractivity contribution >= 4 is 35.1 Å². The summed E-state index contributed by atoms with van der Waals surface area (Å²) in [6, 6.07) is 1.51. The number of anilines is 1. The minimum atomic E-state index is -0.120. The Kier molecular flexibility index (Phi) is 5.58. The van der Waals surface area contributed by atoms with Gasteiger partial charge in [-0.25, -0.2) is 4.98 Å². The Morgan fingerprint density at radius 3 is 3.00 bits per heavy atom. The first-order chi connectivity index (χ1) is 8.06. The number of halogens is 1. The highest BCUT2D eigenvalue weighted by atomic mass is 35.5. The fraction of sp³-hybridized carbons (Fsp3) is 0.455. The second-order valence-corrected chi connectivity index (χ2v) is 5.05. The van der Waals surface area contributed by atoms with Crippen molar-refractivity contribution in [3.63, 3.8) is 0 Å². The lowest BCUT2D eigenvalue weighted by atomic mass is 10.2. The van der Waals surface area contributed by atoms with Gasteiger partial charge in [0.05, 0.1) is 10.6 Å². The van der Waals surface area contributed by atoms with Crippen LogP contribution in [0.2, 0.25) is 5.02 Å². The molecule has 1 aromatic rings. The summed E-state index contributed by atoms with van der Waals surface area (Å²) in [7, 11) is 1.76. The first-order valence-electron chi connectivity index (χ1n) is 5.21. The zero-order valence-electron chi connectivity index (χ0n) is 9.94. The lowest BCUT2D eigenvalue weighted by molar-refractivity contribution is 0.0795. The summed E-state index contributed by atoms with van der Waals surface area (Å²) in [6.07, 6.45) is 4.41. The number of amides is 1. The van der Waals surface area contributed by atoms with Crippen LogP contribution in [0.5, 0.6) is 0 Å². The first-order valence-corrected chi connectivity index (χ1v) is 6.99. The Labute approximate surface area is 111 Å². The molecular formula is C11H16ClN3OS. The van der Waals surface area contributed by atoms with Gasteiger partial charge in [-0.05, 0) is 24.5 Å². The molecule has 0 radical (unpaired) electrons. The second-order valence-electron chi connectivity index (χ2n) is 3.66. The zero-order chi connectivity index (χ0) is 12.8. The Morgan fingerprint density at radius 2 is 2.35 bits per heavy atom. The van der Waals surface area contributed by atoms with Gasteiger partial charge in [-0.3, -0.25) is 4.79 Å². The van der Waals surface area contributed by atoms with Gasteiger partial charge >= 0.3 is 0 Å². The van der Waals surface area contributed by atoms with Crippen LogP contribution in [0, 0.1) is 0 Å². The molecule has 1 aromatic heterocycles. The zero-order valence-corrected chi connectivity index (χ0v) is 11.5. The summed E-state index contributed by atoms with van der Waals surface area (Å²) in [6.45, 7) is 0.707. The molecule has 1 rings (SSSR count). The topological polar surface area (TPSA) is 59.2 Å². The molecule has 0 aromatic carbocycles. The van der Waals surface area contributed by atoms with Crippen LogP contribution in [0.3, 0.4) is 0 Å². The van der Waals surface area contributed by atoms with E-state index >= 15 is 0 Å². The number of hydrogen-bond acceptors (Lipinski definition) is 4. The van der Waals surface area contributed by atoms with Crippen molar-refractivity contribution in [2.24, 2.45) is 0 Å². The third-order valence-electron chi connectivity index (χ3n) is 2.30. The Bertz CT molecular complexity index is 400. The molecule has 0 aliphatic carbocycles. The molecule has 0 aliphatic heterocycles.